The summed E-state index contributed by atoms with van der Waals surface area (Å²) >= 11 is 0. The third kappa shape index (κ3) is 9.47. The number of nitrogens with two attached hydrogens (primary N) is 1. The molecule has 0 aliphatic carbocycles. The number of carbonyl (C=O) groups excluding carboxylic acids is 1. The first-order valence-electron chi connectivity index (χ1n) is 1.11. The highest BCUT2D eigenvalue weighted by atomic mass is 32.1. The van der Waals surface area contributed by atoms with Gasteiger partial charge in [0.2, 0.25) is 0 Å². The molecule has 0 bridgehead atoms. The van der Waals surface area contributed by atoms with Gasteiger partial charge < -0.3 is 10.5 Å². The van der Waals surface area contributed by atoms with E-state index in [1.807, 2.05) is 0 Å². The zero-order chi connectivity index (χ0) is 4.28. The van der Waals surface area contributed by atoms with Crippen molar-refractivity contribution in [2.75, 3.05) is 7.11 Å². The van der Waals surface area contributed by atoms with E-state index in [2.05, 4.69) is 10.5 Å². The highest BCUT2D eigenvalue weighted by molar-refractivity contribution is 7.59. The number of hydrogen-bond acceptors (Lipinski definition) is 2. The molecule has 0 saturated carbocycles. The Morgan fingerprint density at radius 1 is 1.83 bits per heavy atom. The third-order valence-electron chi connectivity index (χ3n) is 0.201. The van der Waals surface area contributed by atoms with Crippen LogP contribution < -0.4 is 5.73 Å². The molecule has 0 aliphatic heterocycles. The number of hydrogen-bond donors (Lipinski definition) is 1. The van der Waals surface area contributed by atoms with E-state index in [1.54, 1.807) is 0 Å². The van der Waals surface area contributed by atoms with E-state index in [-0.39, 0.29) is 13.5 Å². The predicted octanol–water partition coefficient (Wildman–Crippen LogP) is -0.176. The van der Waals surface area contributed by atoms with Crippen LogP contribution in [0.4, 0.5) is 4.79 Å². The van der Waals surface area contributed by atoms with Crippen LogP contribution >= 0.6 is 13.5 Å². The molecule has 1 amide bonds. The molecule has 0 radical (unpaired) electrons. The Balaban J connectivity index is 0. The number of carbonyl (C=O) groups is 1. The molecule has 0 aromatic rings. The van der Waals surface area contributed by atoms with Gasteiger partial charge in [-0.05, 0) is 0 Å². The largest absolute Gasteiger partial charge is 0.453 e. The van der Waals surface area contributed by atoms with Gasteiger partial charge in [-0.2, -0.15) is 13.5 Å². The standard InChI is InChI=1S/C2H5NO2.H2S/c1-5-2(3)4;/h1H3,(H2,3,4);1H2. The highest BCUT2D eigenvalue weighted by Crippen LogP contribution is 1.55. The fourth-order valence-electron chi connectivity index (χ4n) is 0. The molecule has 2 N–H and O–H groups in total. The van der Waals surface area contributed by atoms with Crippen LogP contribution in [0, 0.1) is 0 Å². The summed E-state index contributed by atoms with van der Waals surface area (Å²) in [5.74, 6) is 0. The smallest absolute Gasteiger partial charge is 0.404 e. The molecule has 6 heavy (non-hydrogen) atoms. The van der Waals surface area contributed by atoms with Crippen LogP contribution in [0.15, 0.2) is 0 Å². The highest BCUT2D eigenvalue weighted by Gasteiger charge is 1.76. The summed E-state index contributed by atoms with van der Waals surface area (Å²) < 4.78 is 3.89. The van der Waals surface area contributed by atoms with Gasteiger partial charge in [-0.3, -0.25) is 0 Å². The molecule has 0 aliphatic rings. The van der Waals surface area contributed by atoms with E-state index in [9.17, 15) is 4.79 Å². The zero-order valence-corrected chi connectivity index (χ0v) is 4.39. The Morgan fingerprint density at radius 3 is 2.00 bits per heavy atom. The Morgan fingerprint density at radius 2 is 2.00 bits per heavy atom. The molecule has 0 heterocycles. The lowest BCUT2D eigenvalue weighted by molar-refractivity contribution is 0.182. The monoisotopic (exact) mass is 109 g/mol. The summed E-state index contributed by atoms with van der Waals surface area (Å²) in [6, 6.07) is 0. The summed E-state index contributed by atoms with van der Waals surface area (Å²) in [5.41, 5.74) is 4.43. The Labute approximate surface area is 42.9 Å². The SMILES string of the molecule is COC(N)=O.S. The van der Waals surface area contributed by atoms with E-state index in [1.165, 1.54) is 7.11 Å². The number of methoxy groups -OCH3 is 1. The van der Waals surface area contributed by atoms with Crippen LogP contribution in [-0.2, 0) is 4.74 Å². The molecule has 0 fully saturated rings. The molecule has 0 rings (SSSR count). The lowest BCUT2D eigenvalue weighted by Crippen LogP contribution is -2.08. The fourth-order valence-corrected chi connectivity index (χ4v) is 0. The maximum atomic E-state index is 9.37. The van der Waals surface area contributed by atoms with Crippen molar-refractivity contribution in [3.63, 3.8) is 0 Å². The van der Waals surface area contributed by atoms with Crippen LogP contribution in [0.5, 0.6) is 0 Å². The molecule has 38 valence electrons. The zero-order valence-electron chi connectivity index (χ0n) is 3.39. The van der Waals surface area contributed by atoms with Crippen molar-refractivity contribution in [3.05, 3.63) is 0 Å². The van der Waals surface area contributed by atoms with Crippen molar-refractivity contribution in [2.45, 2.75) is 0 Å². The molecule has 0 atom stereocenters. The van der Waals surface area contributed by atoms with E-state index in [0.717, 1.165) is 0 Å². The second kappa shape index (κ2) is 4.62. The quantitative estimate of drug-likeness (QED) is 0.469. The summed E-state index contributed by atoms with van der Waals surface area (Å²) in [7, 11) is 1.22. The summed E-state index contributed by atoms with van der Waals surface area (Å²) in [4.78, 5) is 9.37. The first kappa shape index (κ1) is 9.15. The van der Waals surface area contributed by atoms with Gasteiger partial charge in [-0.25, -0.2) is 4.79 Å². The molecule has 0 unspecified atom stereocenters. The van der Waals surface area contributed by atoms with Crippen molar-refractivity contribution < 1.29 is 9.53 Å². The van der Waals surface area contributed by atoms with Gasteiger partial charge in [0.1, 0.15) is 0 Å². The second-order valence-corrected chi connectivity index (χ2v) is 0.523. The molecular weight excluding hydrogens is 102 g/mol. The number of rotatable bonds is 0. The van der Waals surface area contributed by atoms with Crippen molar-refractivity contribution >= 4 is 19.6 Å². The number of ether oxygens (including phenoxy) is 1. The minimum Gasteiger partial charge on any atom is -0.453 e. The van der Waals surface area contributed by atoms with Crippen LogP contribution in [0.1, 0.15) is 0 Å². The van der Waals surface area contributed by atoms with Gasteiger partial charge >= 0.3 is 6.09 Å². The molecule has 0 aromatic carbocycles. The summed E-state index contributed by atoms with van der Waals surface area (Å²) in [5, 5.41) is 0. The molecule has 0 spiro atoms. The van der Waals surface area contributed by atoms with Crippen LogP contribution in [-0.4, -0.2) is 13.2 Å². The number of primary amides is 1. The predicted molar refractivity (Wildman–Crippen MR) is 27.0 cm³/mol. The maximum Gasteiger partial charge on any atom is 0.404 e. The second-order valence-electron chi connectivity index (χ2n) is 0.523. The first-order valence-corrected chi connectivity index (χ1v) is 1.11. The van der Waals surface area contributed by atoms with Crippen molar-refractivity contribution in [1.82, 2.24) is 0 Å². The molecule has 4 heteroatoms. The lowest BCUT2D eigenvalue weighted by atomic mass is 11.3. The molecule has 0 saturated heterocycles. The van der Waals surface area contributed by atoms with Gasteiger partial charge in [0, 0.05) is 0 Å². The van der Waals surface area contributed by atoms with Gasteiger partial charge in [0.05, 0.1) is 7.11 Å². The Bertz CT molecular complexity index is 46.8. The van der Waals surface area contributed by atoms with Crippen molar-refractivity contribution in [3.8, 4) is 0 Å². The van der Waals surface area contributed by atoms with Gasteiger partial charge in [-0.15, -0.1) is 0 Å². The minimum absolute atomic E-state index is 0. The van der Waals surface area contributed by atoms with Crippen LogP contribution in [0.25, 0.3) is 0 Å². The van der Waals surface area contributed by atoms with Gasteiger partial charge in [0.15, 0.2) is 0 Å². The van der Waals surface area contributed by atoms with E-state index >= 15 is 0 Å². The van der Waals surface area contributed by atoms with Crippen LogP contribution in [0.3, 0.4) is 0 Å². The van der Waals surface area contributed by atoms with E-state index in [0.29, 0.717) is 0 Å². The average molecular weight is 109 g/mol. The summed E-state index contributed by atoms with van der Waals surface area (Å²) in [6.45, 7) is 0. The molecule has 0 aromatic heterocycles. The van der Waals surface area contributed by atoms with Crippen LogP contribution in [0.2, 0.25) is 0 Å². The normalized spacial score (nSPS) is 5.50. The van der Waals surface area contributed by atoms with E-state index < -0.39 is 6.09 Å². The van der Waals surface area contributed by atoms with Gasteiger partial charge in [0.25, 0.3) is 0 Å². The van der Waals surface area contributed by atoms with Crippen molar-refractivity contribution in [1.29, 1.82) is 0 Å². The summed E-state index contributed by atoms with van der Waals surface area (Å²) in [6.07, 6.45) is -0.745. The van der Waals surface area contributed by atoms with E-state index in [4.69, 9.17) is 0 Å². The third-order valence-corrected chi connectivity index (χ3v) is 0.201. The lowest BCUT2D eigenvalue weighted by Gasteiger charge is -1.81. The average Bonchev–Trinajstić information content (AvgIpc) is 1.38. The van der Waals surface area contributed by atoms with Crippen molar-refractivity contribution in [2.24, 2.45) is 5.73 Å². The van der Waals surface area contributed by atoms with Gasteiger partial charge in [-0.1, -0.05) is 0 Å². The number of amides is 1. The Hall–Kier alpha value is -0.380. The first-order chi connectivity index (χ1) is 2.27. The topological polar surface area (TPSA) is 52.3 Å². The fraction of sp³-hybridized carbons (Fsp3) is 0.500. The maximum absolute atomic E-state index is 9.37. The molecule has 3 nitrogen and oxygen atoms in total. The minimum atomic E-state index is -0.745. The Kier molecular flexibility index (Phi) is 7.05. The molecular formula is C2H7NO2S.